The van der Waals surface area contributed by atoms with E-state index in [9.17, 15) is 19.7 Å². The van der Waals surface area contributed by atoms with Crippen molar-refractivity contribution in [3.63, 3.8) is 0 Å². The summed E-state index contributed by atoms with van der Waals surface area (Å²) >= 11 is 0. The van der Waals surface area contributed by atoms with Crippen LogP contribution in [0.25, 0.3) is 0 Å². The maximum Gasteiger partial charge on any atom is 0.353 e. The molecule has 1 aromatic carbocycles. The summed E-state index contributed by atoms with van der Waals surface area (Å²) < 4.78 is 9.87. The molecular formula is C20H23N5O6. The Morgan fingerprint density at radius 2 is 2.10 bits per heavy atom. The first kappa shape index (κ1) is 21.9. The Hall–Kier alpha value is -3.76. The molecule has 0 spiro atoms. The fraction of sp³-hybridized carbons (Fsp3) is 0.400. The minimum absolute atomic E-state index is 0.0652. The van der Waals surface area contributed by atoms with E-state index in [0.29, 0.717) is 25.1 Å². The summed E-state index contributed by atoms with van der Waals surface area (Å²) in [6, 6.07) is 6.46. The molecule has 164 valence electrons. The number of benzene rings is 1. The van der Waals surface area contributed by atoms with E-state index in [1.54, 1.807) is 30.0 Å². The van der Waals surface area contributed by atoms with Crippen LogP contribution in [0.5, 0.6) is 0 Å². The molecule has 1 atom stereocenters. The van der Waals surface area contributed by atoms with E-state index < -0.39 is 10.9 Å². The van der Waals surface area contributed by atoms with Gasteiger partial charge in [-0.2, -0.15) is 0 Å². The van der Waals surface area contributed by atoms with Crippen molar-refractivity contribution in [1.82, 2.24) is 9.97 Å². The molecule has 1 aliphatic rings. The van der Waals surface area contributed by atoms with Gasteiger partial charge in [-0.3, -0.25) is 14.9 Å². The number of para-hydroxylation sites is 1. The molecule has 11 heteroatoms. The zero-order chi connectivity index (χ0) is 22.4. The van der Waals surface area contributed by atoms with Gasteiger partial charge < -0.3 is 19.7 Å². The highest BCUT2D eigenvalue weighted by molar-refractivity contribution is 5.96. The standard InChI is InChI=1S/C20H23N5O6/c1-3-31-19(26)13-7-6-10-24(11-13)18-16(25(28)29)17(21-12-22-18)23-15-9-5-4-8-14(15)20(27)30-2/h4-5,8-9,12-13H,3,6-7,10-11H2,1-2H3,(H,21,22,23). The van der Waals surface area contributed by atoms with Crippen LogP contribution in [0.15, 0.2) is 30.6 Å². The largest absolute Gasteiger partial charge is 0.466 e. The van der Waals surface area contributed by atoms with Crippen LogP contribution in [0.3, 0.4) is 0 Å². The molecule has 0 aliphatic carbocycles. The first-order valence-corrected chi connectivity index (χ1v) is 9.81. The highest BCUT2D eigenvalue weighted by Crippen LogP contribution is 2.36. The van der Waals surface area contributed by atoms with E-state index in [1.165, 1.54) is 19.5 Å². The van der Waals surface area contributed by atoms with E-state index in [4.69, 9.17) is 9.47 Å². The summed E-state index contributed by atoms with van der Waals surface area (Å²) in [5.74, 6) is -1.26. The molecule has 31 heavy (non-hydrogen) atoms. The summed E-state index contributed by atoms with van der Waals surface area (Å²) in [7, 11) is 1.25. The number of hydrogen-bond acceptors (Lipinski definition) is 10. The maximum atomic E-state index is 12.2. The van der Waals surface area contributed by atoms with E-state index in [1.807, 2.05) is 0 Å². The monoisotopic (exact) mass is 429 g/mol. The van der Waals surface area contributed by atoms with Gasteiger partial charge in [-0.25, -0.2) is 14.8 Å². The van der Waals surface area contributed by atoms with Gasteiger partial charge in [0.25, 0.3) is 0 Å². The van der Waals surface area contributed by atoms with Crippen molar-refractivity contribution < 1.29 is 24.0 Å². The smallest absolute Gasteiger partial charge is 0.353 e. The van der Waals surface area contributed by atoms with Crippen LogP contribution in [-0.4, -0.2) is 53.6 Å². The van der Waals surface area contributed by atoms with E-state index in [0.717, 1.165) is 0 Å². The van der Waals surface area contributed by atoms with Crippen LogP contribution in [0.4, 0.5) is 23.0 Å². The summed E-state index contributed by atoms with van der Waals surface area (Å²) in [4.78, 5) is 45.4. The third-order valence-electron chi connectivity index (χ3n) is 4.91. The predicted molar refractivity (Wildman–Crippen MR) is 111 cm³/mol. The predicted octanol–water partition coefficient (Wildman–Crippen LogP) is 2.69. The Labute approximate surface area is 178 Å². The van der Waals surface area contributed by atoms with Crippen molar-refractivity contribution in [1.29, 1.82) is 0 Å². The van der Waals surface area contributed by atoms with Gasteiger partial charge in [-0.15, -0.1) is 0 Å². The highest BCUT2D eigenvalue weighted by Gasteiger charge is 2.33. The van der Waals surface area contributed by atoms with Crippen LogP contribution in [-0.2, 0) is 14.3 Å². The third kappa shape index (κ3) is 4.87. The summed E-state index contributed by atoms with van der Waals surface area (Å²) in [6.07, 6.45) is 2.52. The van der Waals surface area contributed by atoms with Crippen molar-refractivity contribution in [2.75, 3.05) is 37.0 Å². The number of methoxy groups -OCH3 is 1. The van der Waals surface area contributed by atoms with E-state index in [-0.39, 0.29) is 47.9 Å². The number of nitrogens with one attached hydrogen (secondary N) is 1. The van der Waals surface area contributed by atoms with Crippen LogP contribution >= 0.6 is 0 Å². The Morgan fingerprint density at radius 1 is 1.32 bits per heavy atom. The second-order valence-electron chi connectivity index (χ2n) is 6.85. The van der Waals surface area contributed by atoms with Crippen LogP contribution < -0.4 is 10.2 Å². The van der Waals surface area contributed by atoms with Gasteiger partial charge in [0.2, 0.25) is 11.6 Å². The van der Waals surface area contributed by atoms with Crippen molar-refractivity contribution in [2.24, 2.45) is 5.92 Å². The Kier molecular flexibility index (Phi) is 6.96. The normalized spacial score (nSPS) is 15.8. The molecule has 1 saturated heterocycles. The molecule has 2 aromatic rings. The lowest BCUT2D eigenvalue weighted by Crippen LogP contribution is -2.40. The third-order valence-corrected chi connectivity index (χ3v) is 4.91. The van der Waals surface area contributed by atoms with Crippen LogP contribution in [0.2, 0.25) is 0 Å². The SMILES string of the molecule is CCOC(=O)C1CCCN(c2ncnc(Nc3ccccc3C(=O)OC)c2[N+](=O)[O-])C1. The lowest BCUT2D eigenvalue weighted by molar-refractivity contribution is -0.383. The summed E-state index contributed by atoms with van der Waals surface area (Å²) in [5, 5.41) is 14.8. The number of aromatic nitrogens is 2. The number of nitrogens with zero attached hydrogens (tertiary/aromatic N) is 4. The molecule has 3 rings (SSSR count). The highest BCUT2D eigenvalue weighted by atomic mass is 16.6. The Bertz CT molecular complexity index is 982. The van der Waals surface area contributed by atoms with Crippen molar-refractivity contribution in [3.05, 3.63) is 46.3 Å². The average Bonchev–Trinajstić information content (AvgIpc) is 2.79. The molecule has 1 aliphatic heterocycles. The van der Waals surface area contributed by atoms with Gasteiger partial charge in [0.15, 0.2) is 0 Å². The molecule has 1 aromatic heterocycles. The number of ether oxygens (including phenoxy) is 2. The van der Waals surface area contributed by atoms with E-state index >= 15 is 0 Å². The number of carbonyl (C=O) groups excluding carboxylic acids is 2. The second kappa shape index (κ2) is 9.83. The number of esters is 2. The van der Waals surface area contributed by atoms with Gasteiger partial charge in [-0.05, 0) is 31.9 Å². The molecular weight excluding hydrogens is 406 g/mol. The van der Waals surface area contributed by atoms with Crippen LogP contribution in [0, 0.1) is 16.0 Å². The van der Waals surface area contributed by atoms with Gasteiger partial charge in [0.1, 0.15) is 6.33 Å². The average molecular weight is 429 g/mol. The zero-order valence-corrected chi connectivity index (χ0v) is 17.2. The summed E-state index contributed by atoms with van der Waals surface area (Å²) in [6.45, 7) is 2.77. The number of rotatable bonds is 7. The van der Waals surface area contributed by atoms with Gasteiger partial charge >= 0.3 is 17.6 Å². The zero-order valence-electron chi connectivity index (χ0n) is 17.2. The molecule has 0 bridgehead atoms. The number of hydrogen-bond donors (Lipinski definition) is 1. The number of anilines is 3. The quantitative estimate of drug-likeness (QED) is 0.397. The molecule has 0 amide bonds. The van der Waals surface area contributed by atoms with E-state index in [2.05, 4.69) is 15.3 Å². The fourth-order valence-electron chi connectivity index (χ4n) is 3.49. The first-order valence-electron chi connectivity index (χ1n) is 9.81. The minimum Gasteiger partial charge on any atom is -0.466 e. The lowest BCUT2D eigenvalue weighted by atomic mass is 9.98. The summed E-state index contributed by atoms with van der Waals surface area (Å²) in [5.41, 5.74) is 0.177. The number of carbonyl (C=O) groups is 2. The molecule has 1 N–H and O–H groups in total. The van der Waals surface area contributed by atoms with Gasteiger partial charge in [0, 0.05) is 13.1 Å². The molecule has 0 saturated carbocycles. The lowest BCUT2D eigenvalue weighted by Gasteiger charge is -2.32. The second-order valence-corrected chi connectivity index (χ2v) is 6.85. The molecule has 0 radical (unpaired) electrons. The topological polar surface area (TPSA) is 137 Å². The molecule has 11 nitrogen and oxygen atoms in total. The molecule has 1 fully saturated rings. The minimum atomic E-state index is -0.589. The van der Waals surface area contributed by atoms with Crippen LogP contribution in [0.1, 0.15) is 30.1 Å². The first-order chi connectivity index (χ1) is 15.0. The van der Waals surface area contributed by atoms with Crippen molar-refractivity contribution in [3.8, 4) is 0 Å². The Morgan fingerprint density at radius 3 is 2.81 bits per heavy atom. The van der Waals surface area contributed by atoms with Crippen molar-refractivity contribution >= 4 is 34.9 Å². The number of nitro groups is 1. The van der Waals surface area contributed by atoms with Gasteiger partial charge in [0.05, 0.1) is 35.8 Å². The number of piperidine rings is 1. The Balaban J connectivity index is 1.95. The molecule has 1 unspecified atom stereocenters. The fourth-order valence-corrected chi connectivity index (χ4v) is 3.49. The van der Waals surface area contributed by atoms with Crippen molar-refractivity contribution in [2.45, 2.75) is 19.8 Å². The molecule has 2 heterocycles. The maximum absolute atomic E-state index is 12.2. The van der Waals surface area contributed by atoms with Gasteiger partial charge in [-0.1, -0.05) is 12.1 Å².